The van der Waals surface area contributed by atoms with Crippen molar-refractivity contribution in [1.29, 1.82) is 21.0 Å². The summed E-state index contributed by atoms with van der Waals surface area (Å²) < 4.78 is 59.9. The Morgan fingerprint density at radius 2 is 0.481 bits per heavy atom. The number of nitriles is 4. The normalized spacial score (nSPS) is 10.9. The lowest BCUT2D eigenvalue weighted by atomic mass is 10.0. The molecule has 0 amide bonds. The van der Waals surface area contributed by atoms with Crippen molar-refractivity contribution in [2.45, 2.75) is 188 Å². The molecule has 0 saturated heterocycles. The Hall–Kier alpha value is -13.9. The number of benzene rings is 8. The zero-order valence-corrected chi connectivity index (χ0v) is 77.9. The molecule has 0 heterocycles. The maximum atomic E-state index is 11.3. The number of ether oxygens (including phenoxy) is 11. The highest BCUT2D eigenvalue weighted by molar-refractivity contribution is 5.93. The largest absolute Gasteiger partial charge is 0.494 e. The molecule has 131 heavy (non-hydrogen) atoms. The summed E-state index contributed by atoms with van der Waals surface area (Å²) in [5, 5.41) is 38.0. The molecule has 19 heteroatoms. The van der Waals surface area contributed by atoms with E-state index in [4.69, 9.17) is 52.1 Å². The fraction of sp³-hybridized carbons (Fsp3) is 0.357. The first-order valence-corrected chi connectivity index (χ1v) is 45.4. The molecule has 0 saturated carbocycles. The topological polar surface area (TPSA) is 265 Å². The van der Waals surface area contributed by atoms with Crippen molar-refractivity contribution in [2.24, 2.45) is 0 Å². The van der Waals surface area contributed by atoms with Crippen LogP contribution in [0.5, 0.6) is 40.2 Å². The van der Waals surface area contributed by atoms with Crippen LogP contribution in [0.2, 0.25) is 0 Å². The van der Waals surface area contributed by atoms with E-state index < -0.39 is 0 Å². The fourth-order valence-corrected chi connectivity index (χ4v) is 12.8. The monoisotopic (exact) mass is 1770 g/mol. The molecule has 0 bridgehead atoms. The number of nitrogens with zero attached hydrogens (tertiary/aromatic N) is 4. The van der Waals surface area contributed by atoms with Crippen LogP contribution < -0.4 is 33.2 Å². The fourth-order valence-electron chi connectivity index (χ4n) is 12.8. The van der Waals surface area contributed by atoms with Gasteiger partial charge < -0.3 is 52.1 Å². The van der Waals surface area contributed by atoms with Crippen LogP contribution in [-0.4, -0.2) is 98.1 Å². The van der Waals surface area contributed by atoms with Gasteiger partial charge in [0.25, 0.3) is 0 Å². The molecule has 0 fully saturated rings. The van der Waals surface area contributed by atoms with Crippen LogP contribution in [0, 0.1) is 45.3 Å². The van der Waals surface area contributed by atoms with Crippen LogP contribution in [0.15, 0.2) is 249 Å². The number of carbonyl (C=O) groups excluding carboxylic acids is 4. The highest BCUT2D eigenvalue weighted by atomic mass is 16.5. The maximum Gasteiger partial charge on any atom is 0.333 e. The summed E-state index contributed by atoms with van der Waals surface area (Å²) in [6, 6.07) is 72.5. The van der Waals surface area contributed by atoms with E-state index in [-0.39, 0.29) is 23.9 Å². The standard InChI is InChI=1S/C30H37NO6.C30H37NO3.C27H31NO3.C25H27NO3/c1-22(2)30(32)37-17-11-9-7-6-8-10-16-36-27-14-12-23(19-28(27)34-4)18-25(21-31)24-13-15-26(33-3)29(20-24)35-5;1-25(2)30(32)34-22-14-9-7-5-3-4-6-8-13-21-33-29-19-17-26(18-20-29)23-28(24-31)27-15-11-10-12-16-27;1-22(2)27(29)31-19-11-6-4-3-5-10-18-30-26-16-14-23(15-17-26)20-25(21-28)24-12-8-7-9-13-24;1-20(2)25(27)29-17-9-4-3-8-16-28-24-14-12-21(13-15-24)18-23(19-26)22-10-6-5-7-11-22/h12-15,18-20H,1,6-11,16-17H2,2-5H3;10-12,15-20,23H,1,3-9,13-14,21-22H2,2H3;7-9,12-17,20H,1,3-6,10-11,18-19H2,2H3;5-7,10-15,18H,1,3-4,8-9,16-17H2,2H3. The van der Waals surface area contributed by atoms with Gasteiger partial charge in [0.2, 0.25) is 0 Å². The van der Waals surface area contributed by atoms with Crippen LogP contribution >= 0.6 is 0 Å². The molecule has 0 unspecified atom stereocenters. The van der Waals surface area contributed by atoms with Crippen LogP contribution in [0.25, 0.3) is 46.6 Å². The Balaban J connectivity index is 0.000000310. The van der Waals surface area contributed by atoms with E-state index in [0.29, 0.717) is 114 Å². The van der Waals surface area contributed by atoms with Gasteiger partial charge >= 0.3 is 23.9 Å². The predicted molar refractivity (Wildman–Crippen MR) is 526 cm³/mol. The molecule has 0 aliphatic carbocycles. The molecule has 0 N–H and O–H groups in total. The summed E-state index contributed by atoms with van der Waals surface area (Å²) in [6.07, 6.45) is 34.2. The smallest absolute Gasteiger partial charge is 0.333 e. The highest BCUT2D eigenvalue weighted by Gasteiger charge is 2.14. The number of rotatable bonds is 56. The lowest BCUT2D eigenvalue weighted by molar-refractivity contribution is -0.139. The van der Waals surface area contributed by atoms with Crippen LogP contribution in [-0.2, 0) is 38.1 Å². The Labute approximate surface area is 778 Å². The van der Waals surface area contributed by atoms with E-state index >= 15 is 0 Å². The molecule has 8 rings (SSSR count). The van der Waals surface area contributed by atoms with Gasteiger partial charge in [-0.2, -0.15) is 21.0 Å². The average Bonchev–Trinajstić information content (AvgIpc) is 0.907. The molecular formula is C112H132N4O15. The molecule has 0 aliphatic heterocycles. The third-order valence-electron chi connectivity index (χ3n) is 20.3. The van der Waals surface area contributed by atoms with Crippen molar-refractivity contribution in [3.05, 3.63) is 293 Å². The minimum absolute atomic E-state index is 0.286. The van der Waals surface area contributed by atoms with Crippen molar-refractivity contribution in [3.8, 4) is 64.5 Å². The van der Waals surface area contributed by atoms with E-state index in [1.807, 2.05) is 206 Å². The van der Waals surface area contributed by atoms with Gasteiger partial charge in [-0.15, -0.1) is 0 Å². The van der Waals surface area contributed by atoms with Crippen molar-refractivity contribution in [3.63, 3.8) is 0 Å². The van der Waals surface area contributed by atoms with E-state index in [1.165, 1.54) is 38.5 Å². The first kappa shape index (κ1) is 108. The number of allylic oxidation sites excluding steroid dienone is 4. The van der Waals surface area contributed by atoms with Gasteiger partial charge in [-0.3, -0.25) is 0 Å². The Kier molecular flexibility index (Phi) is 54.6. The minimum atomic E-state index is -0.322. The minimum Gasteiger partial charge on any atom is -0.494 e. The number of hydrogen-bond donors (Lipinski definition) is 0. The highest BCUT2D eigenvalue weighted by Crippen LogP contribution is 2.34. The van der Waals surface area contributed by atoms with Crippen LogP contribution in [0.4, 0.5) is 0 Å². The lowest BCUT2D eigenvalue weighted by Gasteiger charge is -2.12. The van der Waals surface area contributed by atoms with E-state index in [0.717, 1.165) is 190 Å². The predicted octanol–water partition coefficient (Wildman–Crippen LogP) is 26.8. The summed E-state index contributed by atoms with van der Waals surface area (Å²) in [5.41, 5.74) is 11.4. The zero-order valence-electron chi connectivity index (χ0n) is 77.9. The molecular weight excluding hydrogens is 1640 g/mol. The van der Waals surface area contributed by atoms with Crippen molar-refractivity contribution >= 4 is 70.5 Å². The lowest BCUT2D eigenvalue weighted by Crippen LogP contribution is -2.06. The Morgan fingerprint density at radius 1 is 0.252 bits per heavy atom. The van der Waals surface area contributed by atoms with Gasteiger partial charge in [0, 0.05) is 22.3 Å². The summed E-state index contributed by atoms with van der Waals surface area (Å²) in [6.45, 7) is 25.4. The second-order valence-electron chi connectivity index (χ2n) is 31.4. The Bertz CT molecular complexity index is 5080. The number of hydrogen-bond acceptors (Lipinski definition) is 19. The van der Waals surface area contributed by atoms with Gasteiger partial charge in [-0.1, -0.05) is 256 Å². The molecule has 0 radical (unpaired) electrons. The second kappa shape index (κ2) is 66.5. The molecule has 19 nitrogen and oxygen atoms in total. The molecule has 8 aromatic rings. The van der Waals surface area contributed by atoms with Gasteiger partial charge in [0.15, 0.2) is 23.0 Å². The van der Waals surface area contributed by atoms with Crippen molar-refractivity contribution in [1.82, 2.24) is 0 Å². The quantitative estimate of drug-likeness (QED) is 0.00856. The summed E-state index contributed by atoms with van der Waals surface area (Å²) >= 11 is 0. The molecule has 0 aliphatic rings. The summed E-state index contributed by atoms with van der Waals surface area (Å²) in [4.78, 5) is 45.1. The number of methoxy groups -OCH3 is 3. The van der Waals surface area contributed by atoms with Gasteiger partial charge in [-0.25, -0.2) is 19.2 Å². The molecule has 0 aromatic heterocycles. The molecule has 0 atom stereocenters. The summed E-state index contributed by atoms with van der Waals surface area (Å²) in [7, 11) is 4.74. The summed E-state index contributed by atoms with van der Waals surface area (Å²) in [5.74, 6) is 3.74. The Morgan fingerprint density at radius 3 is 0.748 bits per heavy atom. The number of unbranched alkanes of at least 4 members (excludes halogenated alkanes) is 21. The van der Waals surface area contributed by atoms with Gasteiger partial charge in [0.1, 0.15) is 17.2 Å². The molecule has 8 aromatic carbocycles. The molecule has 690 valence electrons. The van der Waals surface area contributed by atoms with Crippen LogP contribution in [0.3, 0.4) is 0 Å². The second-order valence-corrected chi connectivity index (χ2v) is 31.4. The number of carbonyl (C=O) groups is 4. The molecule has 0 spiro atoms. The first-order chi connectivity index (χ1) is 63.7. The third kappa shape index (κ3) is 46.1. The SMILES string of the molecule is C=C(C)C(=O)OCCCCCCCCCCCOc1ccc(C=C(C#N)c2ccccc2)cc1.C=C(C)C(=O)OCCCCCCCCOc1ccc(C=C(C#N)c2ccc(OC)c(OC)c2)cc1OC.C=C(C)C(=O)OCCCCCCCCOc1ccc(C=C(C#N)c2ccccc2)cc1.C=C(C)C(=O)OCCCCCCOc1ccc(C=C(C#N)c2ccccc2)cc1. The van der Waals surface area contributed by atoms with Gasteiger partial charge in [-0.05, 0) is 227 Å². The van der Waals surface area contributed by atoms with E-state index in [9.17, 15) is 40.2 Å². The zero-order chi connectivity index (χ0) is 94.7. The van der Waals surface area contributed by atoms with Crippen molar-refractivity contribution < 1.29 is 71.3 Å². The van der Waals surface area contributed by atoms with Crippen molar-refractivity contribution in [2.75, 3.05) is 74.2 Å². The maximum absolute atomic E-state index is 11.3. The van der Waals surface area contributed by atoms with E-state index in [2.05, 4.69) is 50.6 Å². The first-order valence-electron chi connectivity index (χ1n) is 45.4. The third-order valence-corrected chi connectivity index (χ3v) is 20.3. The van der Waals surface area contributed by atoms with E-state index in [1.54, 1.807) is 67.2 Å². The van der Waals surface area contributed by atoms with Gasteiger partial charge in [0.05, 0.1) is 121 Å². The average molecular weight is 1770 g/mol. The van der Waals surface area contributed by atoms with Crippen LogP contribution in [0.1, 0.15) is 233 Å². The number of esters is 4.